The molecule has 1 aromatic heterocycles. The number of rotatable bonds is 3. The molecule has 0 aliphatic heterocycles. The standard InChI is InChI=1S/C19H20O5/c1-10-16(20)5-4-14-13(8-17(21)24-18(10)14)9-23-19(22)15-7-11-2-3-12(15)6-11/h4-5,8,11-12,15,20H,2-3,6-7,9H2,1H3. The molecular weight excluding hydrogens is 308 g/mol. The summed E-state index contributed by atoms with van der Waals surface area (Å²) in [4.78, 5) is 24.2. The van der Waals surface area contributed by atoms with E-state index in [-0.39, 0.29) is 24.2 Å². The third kappa shape index (κ3) is 2.48. The molecule has 2 aliphatic carbocycles. The van der Waals surface area contributed by atoms with Crippen LogP contribution in [-0.2, 0) is 16.1 Å². The zero-order valence-electron chi connectivity index (χ0n) is 13.6. The molecule has 1 N–H and O–H groups in total. The van der Waals surface area contributed by atoms with Crippen molar-refractivity contribution in [3.05, 3.63) is 39.7 Å². The number of esters is 1. The summed E-state index contributed by atoms with van der Waals surface area (Å²) in [5.74, 6) is 1.09. The van der Waals surface area contributed by atoms with Gasteiger partial charge in [-0.15, -0.1) is 0 Å². The third-order valence-corrected chi connectivity index (χ3v) is 5.63. The Kier molecular flexibility index (Phi) is 3.59. The summed E-state index contributed by atoms with van der Waals surface area (Å²) < 4.78 is 10.7. The van der Waals surface area contributed by atoms with Gasteiger partial charge in [0, 0.05) is 22.6 Å². The minimum atomic E-state index is -0.512. The van der Waals surface area contributed by atoms with Gasteiger partial charge < -0.3 is 14.3 Å². The van der Waals surface area contributed by atoms with Gasteiger partial charge >= 0.3 is 11.6 Å². The number of fused-ring (bicyclic) bond motifs is 3. The van der Waals surface area contributed by atoms with Gasteiger partial charge in [-0.05, 0) is 50.2 Å². The van der Waals surface area contributed by atoms with Crippen molar-refractivity contribution in [2.45, 2.75) is 39.2 Å². The van der Waals surface area contributed by atoms with Gasteiger partial charge in [0.1, 0.15) is 17.9 Å². The molecule has 2 bridgehead atoms. The van der Waals surface area contributed by atoms with E-state index in [9.17, 15) is 14.7 Å². The second-order valence-electron chi connectivity index (χ2n) is 7.07. The van der Waals surface area contributed by atoms with Crippen LogP contribution in [0, 0.1) is 24.7 Å². The quantitative estimate of drug-likeness (QED) is 0.691. The minimum Gasteiger partial charge on any atom is -0.508 e. The van der Waals surface area contributed by atoms with Crippen molar-refractivity contribution < 1.29 is 19.1 Å². The van der Waals surface area contributed by atoms with Gasteiger partial charge in [0.25, 0.3) is 0 Å². The van der Waals surface area contributed by atoms with Crippen molar-refractivity contribution in [1.82, 2.24) is 0 Å². The molecule has 3 unspecified atom stereocenters. The summed E-state index contributed by atoms with van der Waals surface area (Å²) >= 11 is 0. The first-order valence-electron chi connectivity index (χ1n) is 8.45. The maximum absolute atomic E-state index is 12.4. The molecule has 2 fully saturated rings. The topological polar surface area (TPSA) is 76.7 Å². The Labute approximate surface area is 139 Å². The van der Waals surface area contributed by atoms with Crippen LogP contribution in [0.2, 0.25) is 0 Å². The molecule has 0 saturated heterocycles. The number of phenolic OH excluding ortho intramolecular Hbond substituents is 1. The molecule has 126 valence electrons. The number of carbonyl (C=O) groups excluding carboxylic acids is 1. The van der Waals surface area contributed by atoms with Gasteiger partial charge in [-0.3, -0.25) is 4.79 Å². The molecular formula is C19H20O5. The van der Waals surface area contributed by atoms with E-state index in [0.29, 0.717) is 33.9 Å². The molecule has 0 radical (unpaired) electrons. The lowest BCUT2D eigenvalue weighted by molar-refractivity contribution is -0.151. The Bertz CT molecular complexity index is 866. The second-order valence-corrected chi connectivity index (χ2v) is 7.07. The number of carbonyl (C=O) groups is 1. The molecule has 24 heavy (non-hydrogen) atoms. The first kappa shape index (κ1) is 15.2. The average Bonchev–Trinajstić information content (AvgIpc) is 3.19. The van der Waals surface area contributed by atoms with E-state index in [1.165, 1.54) is 12.5 Å². The van der Waals surface area contributed by atoms with E-state index in [1.807, 2.05) is 0 Å². The van der Waals surface area contributed by atoms with E-state index in [4.69, 9.17) is 9.15 Å². The number of benzene rings is 1. The lowest BCUT2D eigenvalue weighted by Gasteiger charge is -2.20. The predicted octanol–water partition coefficient (Wildman–Crippen LogP) is 3.29. The number of aryl methyl sites for hydroxylation is 1. The van der Waals surface area contributed by atoms with Crippen LogP contribution in [0.5, 0.6) is 5.75 Å². The monoisotopic (exact) mass is 328 g/mol. The SMILES string of the molecule is Cc1c(O)ccc2c(COC(=O)C3CC4CCC3C4)cc(=O)oc12. The molecule has 5 heteroatoms. The first-order chi connectivity index (χ1) is 11.5. The molecule has 4 rings (SSSR count). The van der Waals surface area contributed by atoms with Crippen molar-refractivity contribution in [3.8, 4) is 5.75 Å². The second kappa shape index (κ2) is 5.65. The lowest BCUT2D eigenvalue weighted by atomic mass is 9.89. The van der Waals surface area contributed by atoms with Crippen LogP contribution in [0.1, 0.15) is 36.8 Å². The molecule has 2 saturated carbocycles. The molecule has 1 aromatic carbocycles. The van der Waals surface area contributed by atoms with Crippen LogP contribution in [-0.4, -0.2) is 11.1 Å². The number of aromatic hydroxyl groups is 1. The average molecular weight is 328 g/mol. The van der Waals surface area contributed by atoms with E-state index in [0.717, 1.165) is 19.3 Å². The highest BCUT2D eigenvalue weighted by Gasteiger charge is 2.43. The van der Waals surface area contributed by atoms with Crippen LogP contribution in [0.25, 0.3) is 11.0 Å². The summed E-state index contributed by atoms with van der Waals surface area (Å²) in [5, 5.41) is 10.5. The van der Waals surface area contributed by atoms with Gasteiger partial charge in [-0.25, -0.2) is 4.79 Å². The Balaban J connectivity index is 1.57. The van der Waals surface area contributed by atoms with E-state index in [1.54, 1.807) is 19.1 Å². The van der Waals surface area contributed by atoms with Gasteiger partial charge in [0.2, 0.25) is 0 Å². The van der Waals surface area contributed by atoms with Gasteiger partial charge in [0.05, 0.1) is 5.92 Å². The lowest BCUT2D eigenvalue weighted by Crippen LogP contribution is -2.23. The molecule has 2 aliphatic rings. The Morgan fingerprint density at radius 3 is 2.88 bits per heavy atom. The van der Waals surface area contributed by atoms with E-state index in [2.05, 4.69) is 0 Å². The Morgan fingerprint density at radius 2 is 2.17 bits per heavy atom. The zero-order valence-corrected chi connectivity index (χ0v) is 13.6. The smallest absolute Gasteiger partial charge is 0.336 e. The molecule has 1 heterocycles. The maximum Gasteiger partial charge on any atom is 0.336 e. The van der Waals surface area contributed by atoms with E-state index >= 15 is 0 Å². The van der Waals surface area contributed by atoms with Crippen molar-refractivity contribution in [2.75, 3.05) is 0 Å². The number of phenols is 1. The summed E-state index contributed by atoms with van der Waals surface area (Å²) in [7, 11) is 0. The van der Waals surface area contributed by atoms with Crippen LogP contribution in [0.3, 0.4) is 0 Å². The largest absolute Gasteiger partial charge is 0.508 e. The zero-order chi connectivity index (χ0) is 16.8. The highest BCUT2D eigenvalue weighted by molar-refractivity contribution is 5.85. The van der Waals surface area contributed by atoms with Gasteiger partial charge in [-0.2, -0.15) is 0 Å². The summed E-state index contributed by atoms with van der Waals surface area (Å²) in [5.41, 5.74) is 0.947. The van der Waals surface area contributed by atoms with Crippen molar-refractivity contribution >= 4 is 16.9 Å². The number of ether oxygens (including phenoxy) is 1. The van der Waals surface area contributed by atoms with Gasteiger partial charge in [0.15, 0.2) is 0 Å². The fourth-order valence-corrected chi connectivity index (χ4v) is 4.32. The molecule has 0 amide bonds. The first-order valence-corrected chi connectivity index (χ1v) is 8.45. The van der Waals surface area contributed by atoms with Crippen molar-refractivity contribution in [3.63, 3.8) is 0 Å². The Hall–Kier alpha value is -2.30. The van der Waals surface area contributed by atoms with Crippen molar-refractivity contribution in [2.24, 2.45) is 17.8 Å². The molecule has 2 aromatic rings. The highest BCUT2D eigenvalue weighted by atomic mass is 16.5. The number of hydrogen-bond acceptors (Lipinski definition) is 5. The third-order valence-electron chi connectivity index (χ3n) is 5.63. The summed E-state index contributed by atoms with van der Waals surface area (Å²) in [6.07, 6.45) is 4.45. The summed E-state index contributed by atoms with van der Waals surface area (Å²) in [6, 6.07) is 4.59. The molecule has 0 spiro atoms. The van der Waals surface area contributed by atoms with Crippen LogP contribution in [0.4, 0.5) is 0 Å². The van der Waals surface area contributed by atoms with Crippen molar-refractivity contribution in [1.29, 1.82) is 0 Å². The fourth-order valence-electron chi connectivity index (χ4n) is 4.32. The highest BCUT2D eigenvalue weighted by Crippen LogP contribution is 2.48. The maximum atomic E-state index is 12.4. The van der Waals surface area contributed by atoms with Crippen LogP contribution in [0.15, 0.2) is 27.4 Å². The summed E-state index contributed by atoms with van der Waals surface area (Å²) in [6.45, 7) is 1.74. The van der Waals surface area contributed by atoms with E-state index < -0.39 is 5.63 Å². The normalized spacial score (nSPS) is 25.3. The van der Waals surface area contributed by atoms with Crippen LogP contribution >= 0.6 is 0 Å². The predicted molar refractivity (Wildman–Crippen MR) is 87.6 cm³/mol. The molecule has 3 atom stereocenters. The van der Waals surface area contributed by atoms with Crippen LogP contribution < -0.4 is 5.63 Å². The molecule has 5 nitrogen and oxygen atoms in total. The fraction of sp³-hybridized carbons (Fsp3) is 0.474. The Morgan fingerprint density at radius 1 is 1.33 bits per heavy atom. The number of hydrogen-bond donors (Lipinski definition) is 1. The van der Waals surface area contributed by atoms with Gasteiger partial charge in [-0.1, -0.05) is 6.42 Å². The minimum absolute atomic E-state index is 0.0147.